The van der Waals surface area contributed by atoms with E-state index < -0.39 is 10.0 Å². The summed E-state index contributed by atoms with van der Waals surface area (Å²) in [5.74, 6) is -0.156. The zero-order valence-corrected chi connectivity index (χ0v) is 17.2. The van der Waals surface area contributed by atoms with Crippen molar-refractivity contribution in [2.24, 2.45) is 0 Å². The molecule has 0 spiro atoms. The predicted octanol–water partition coefficient (Wildman–Crippen LogP) is 2.40. The quantitative estimate of drug-likeness (QED) is 0.698. The van der Waals surface area contributed by atoms with Gasteiger partial charge in [-0.25, -0.2) is 8.42 Å². The van der Waals surface area contributed by atoms with Crippen LogP contribution in [0.25, 0.3) is 0 Å². The lowest BCUT2D eigenvalue weighted by Gasteiger charge is -2.24. The topological polar surface area (TPSA) is 78.5 Å². The summed E-state index contributed by atoms with van der Waals surface area (Å²) in [6.07, 6.45) is 3.56. The van der Waals surface area contributed by atoms with Crippen molar-refractivity contribution in [2.75, 3.05) is 26.2 Å². The molecule has 1 aliphatic rings. The molecule has 1 heterocycles. The first-order valence-corrected chi connectivity index (χ1v) is 10.5. The van der Waals surface area contributed by atoms with Crippen LogP contribution in [0.3, 0.4) is 0 Å². The van der Waals surface area contributed by atoms with E-state index in [2.05, 4.69) is 10.6 Å². The smallest absolute Gasteiger partial charge is 0.251 e. The van der Waals surface area contributed by atoms with Crippen LogP contribution in [-0.4, -0.2) is 50.9 Å². The van der Waals surface area contributed by atoms with Gasteiger partial charge in [0.05, 0.1) is 4.90 Å². The summed E-state index contributed by atoms with van der Waals surface area (Å²) in [4.78, 5) is 12.6. The van der Waals surface area contributed by atoms with Crippen LogP contribution in [0.15, 0.2) is 29.2 Å². The minimum atomic E-state index is -3.50. The predicted molar refractivity (Wildman–Crippen MR) is 106 cm³/mol. The van der Waals surface area contributed by atoms with Gasteiger partial charge in [0.25, 0.3) is 5.91 Å². The van der Waals surface area contributed by atoms with Crippen molar-refractivity contribution in [1.82, 2.24) is 14.9 Å². The molecule has 1 atom stereocenters. The van der Waals surface area contributed by atoms with E-state index in [1.54, 1.807) is 12.1 Å². The van der Waals surface area contributed by atoms with Crippen LogP contribution in [-0.2, 0) is 10.0 Å². The Morgan fingerprint density at radius 1 is 1.19 bits per heavy atom. The molecule has 26 heavy (non-hydrogen) atoms. The number of piperidine rings is 1. The molecule has 0 bridgehead atoms. The maximum atomic E-state index is 12.7. The van der Waals surface area contributed by atoms with Crippen LogP contribution < -0.4 is 10.6 Å². The normalized spacial score (nSPS) is 17.6. The van der Waals surface area contributed by atoms with Gasteiger partial charge in [-0.1, -0.05) is 13.8 Å². The highest BCUT2D eigenvalue weighted by molar-refractivity contribution is 7.89. The zero-order valence-electron chi connectivity index (χ0n) is 15.5. The number of carbonyl (C=O) groups excluding carboxylic acids is 1. The lowest BCUT2D eigenvalue weighted by molar-refractivity contribution is 0.0930. The zero-order chi connectivity index (χ0) is 18.3. The molecule has 1 amide bonds. The Bertz CT molecular complexity index is 653. The first-order chi connectivity index (χ1) is 12.0. The molecular weight excluding hydrogens is 374 g/mol. The Hall–Kier alpha value is -1.15. The standard InChI is InChI=1S/C18H29N3O3S.ClH/c1-3-12-21(13-4-2)25(23,24)17-9-7-15(8-10-17)18(22)20-16-6-5-11-19-14-16;/h7-10,16,19H,3-6,11-14H2,1-2H3,(H,20,22);1H/t16-;/m0./s1. The molecule has 148 valence electrons. The van der Waals surface area contributed by atoms with E-state index in [1.165, 1.54) is 16.4 Å². The van der Waals surface area contributed by atoms with Gasteiger partial charge >= 0.3 is 0 Å². The molecule has 0 radical (unpaired) electrons. The Morgan fingerprint density at radius 2 is 1.81 bits per heavy atom. The number of nitrogens with one attached hydrogen (secondary N) is 2. The molecule has 1 saturated heterocycles. The Kier molecular flexibility index (Phi) is 9.57. The van der Waals surface area contributed by atoms with Crippen LogP contribution in [0.2, 0.25) is 0 Å². The number of hydrogen-bond donors (Lipinski definition) is 2. The first-order valence-electron chi connectivity index (χ1n) is 9.10. The molecule has 2 rings (SSSR count). The Balaban J connectivity index is 0.00000338. The van der Waals surface area contributed by atoms with Crippen LogP contribution >= 0.6 is 12.4 Å². The van der Waals surface area contributed by atoms with Gasteiger partial charge in [0.2, 0.25) is 10.0 Å². The van der Waals surface area contributed by atoms with Crippen molar-refractivity contribution >= 4 is 28.3 Å². The van der Waals surface area contributed by atoms with E-state index in [-0.39, 0.29) is 29.3 Å². The largest absolute Gasteiger partial charge is 0.348 e. The summed E-state index contributed by atoms with van der Waals surface area (Å²) in [5, 5.41) is 6.25. The lowest BCUT2D eigenvalue weighted by atomic mass is 10.1. The highest BCUT2D eigenvalue weighted by Crippen LogP contribution is 2.17. The summed E-state index contributed by atoms with van der Waals surface area (Å²) in [6.45, 7) is 6.71. The second-order valence-corrected chi connectivity index (χ2v) is 8.38. The van der Waals surface area contributed by atoms with Gasteiger partial charge in [0.1, 0.15) is 0 Å². The van der Waals surface area contributed by atoms with Gasteiger partial charge in [0.15, 0.2) is 0 Å². The fourth-order valence-electron chi connectivity index (χ4n) is 3.02. The molecule has 1 aliphatic heterocycles. The van der Waals surface area contributed by atoms with Gasteiger partial charge in [-0.15, -0.1) is 12.4 Å². The highest BCUT2D eigenvalue weighted by atomic mass is 35.5. The average molecular weight is 404 g/mol. The molecule has 1 fully saturated rings. The Morgan fingerprint density at radius 3 is 2.31 bits per heavy atom. The number of amides is 1. The van der Waals surface area contributed by atoms with E-state index in [9.17, 15) is 13.2 Å². The maximum absolute atomic E-state index is 12.7. The second kappa shape index (κ2) is 10.9. The number of sulfonamides is 1. The van der Waals surface area contributed by atoms with Crippen LogP contribution in [0.5, 0.6) is 0 Å². The SMILES string of the molecule is CCCN(CCC)S(=O)(=O)c1ccc(C(=O)N[C@H]2CCCNC2)cc1.Cl. The third-order valence-electron chi connectivity index (χ3n) is 4.33. The molecule has 0 aliphatic carbocycles. The maximum Gasteiger partial charge on any atom is 0.251 e. The third-order valence-corrected chi connectivity index (χ3v) is 6.25. The fourth-order valence-corrected chi connectivity index (χ4v) is 4.65. The van der Waals surface area contributed by atoms with Crippen LogP contribution in [0, 0.1) is 0 Å². The summed E-state index contributed by atoms with van der Waals surface area (Å²) in [5.41, 5.74) is 0.488. The molecule has 1 aromatic rings. The molecule has 0 unspecified atom stereocenters. The molecule has 0 saturated carbocycles. The van der Waals surface area contributed by atoms with E-state index in [4.69, 9.17) is 0 Å². The summed E-state index contributed by atoms with van der Waals surface area (Å²) < 4.78 is 27.0. The number of benzene rings is 1. The van der Waals surface area contributed by atoms with Gasteiger partial charge in [-0.05, 0) is 56.5 Å². The summed E-state index contributed by atoms with van der Waals surface area (Å²) in [7, 11) is -3.50. The van der Waals surface area contributed by atoms with Crippen molar-refractivity contribution in [1.29, 1.82) is 0 Å². The monoisotopic (exact) mass is 403 g/mol. The van der Waals surface area contributed by atoms with Crippen molar-refractivity contribution < 1.29 is 13.2 Å². The molecule has 6 nitrogen and oxygen atoms in total. The van der Waals surface area contributed by atoms with Crippen LogP contribution in [0.4, 0.5) is 0 Å². The fraction of sp³-hybridized carbons (Fsp3) is 0.611. The van der Waals surface area contributed by atoms with Gasteiger partial charge in [0, 0.05) is 31.2 Å². The average Bonchev–Trinajstić information content (AvgIpc) is 2.62. The van der Waals surface area contributed by atoms with Crippen molar-refractivity contribution in [3.05, 3.63) is 29.8 Å². The van der Waals surface area contributed by atoms with E-state index in [1.807, 2.05) is 13.8 Å². The van der Waals surface area contributed by atoms with E-state index in [0.717, 1.165) is 38.8 Å². The summed E-state index contributed by atoms with van der Waals surface area (Å²) >= 11 is 0. The van der Waals surface area contributed by atoms with Crippen molar-refractivity contribution in [3.63, 3.8) is 0 Å². The van der Waals surface area contributed by atoms with E-state index >= 15 is 0 Å². The number of hydrogen-bond acceptors (Lipinski definition) is 4. The molecule has 2 N–H and O–H groups in total. The number of halogens is 1. The first kappa shape index (κ1) is 22.9. The molecule has 8 heteroatoms. The highest BCUT2D eigenvalue weighted by Gasteiger charge is 2.23. The number of nitrogens with zero attached hydrogens (tertiary/aromatic N) is 1. The molecule has 1 aromatic carbocycles. The summed E-state index contributed by atoms with van der Waals surface area (Å²) in [6, 6.07) is 6.38. The van der Waals surface area contributed by atoms with Crippen LogP contribution in [0.1, 0.15) is 49.9 Å². The Labute approximate surface area is 163 Å². The second-order valence-electron chi connectivity index (χ2n) is 6.45. The minimum Gasteiger partial charge on any atom is -0.348 e. The van der Waals surface area contributed by atoms with Crippen molar-refractivity contribution in [2.45, 2.75) is 50.5 Å². The van der Waals surface area contributed by atoms with Gasteiger partial charge in [-0.2, -0.15) is 4.31 Å². The minimum absolute atomic E-state index is 0. The molecule has 0 aromatic heterocycles. The molecular formula is C18H30ClN3O3S. The van der Waals surface area contributed by atoms with E-state index in [0.29, 0.717) is 18.7 Å². The van der Waals surface area contributed by atoms with Gasteiger partial charge < -0.3 is 10.6 Å². The lowest BCUT2D eigenvalue weighted by Crippen LogP contribution is -2.45. The third kappa shape index (κ3) is 5.94. The van der Waals surface area contributed by atoms with Crippen molar-refractivity contribution in [3.8, 4) is 0 Å². The van der Waals surface area contributed by atoms with Gasteiger partial charge in [-0.3, -0.25) is 4.79 Å². The number of carbonyl (C=O) groups is 1. The number of rotatable bonds is 8.